The SMILES string of the molecule is COc1ccc(CN(CCC(c2ccccc2)c2ccccc2)Cc2nc(C(=O)N3CCOCC3)cs2)c(OC)c1. The number of hydrogen-bond donors (Lipinski definition) is 0. The smallest absolute Gasteiger partial charge is 0.273 e. The lowest BCUT2D eigenvalue weighted by atomic mass is 9.88. The molecule has 0 aliphatic carbocycles. The van der Waals surface area contributed by atoms with Crippen molar-refractivity contribution in [3.63, 3.8) is 0 Å². The number of amides is 1. The van der Waals surface area contributed by atoms with E-state index in [-0.39, 0.29) is 11.8 Å². The van der Waals surface area contributed by atoms with Gasteiger partial charge in [0, 0.05) is 42.6 Å². The first kappa shape index (κ1) is 28.8. The molecule has 3 aromatic carbocycles. The highest BCUT2D eigenvalue weighted by atomic mass is 32.1. The van der Waals surface area contributed by atoms with Gasteiger partial charge in [0.2, 0.25) is 0 Å². The van der Waals surface area contributed by atoms with E-state index in [0.29, 0.717) is 45.1 Å². The van der Waals surface area contributed by atoms with Gasteiger partial charge in [-0.3, -0.25) is 9.69 Å². The van der Waals surface area contributed by atoms with E-state index in [1.54, 1.807) is 25.6 Å². The van der Waals surface area contributed by atoms with E-state index >= 15 is 0 Å². The quantitative estimate of drug-likeness (QED) is 0.212. The first-order valence-corrected chi connectivity index (χ1v) is 14.9. The van der Waals surface area contributed by atoms with E-state index in [1.165, 1.54) is 11.1 Å². The summed E-state index contributed by atoms with van der Waals surface area (Å²) < 4.78 is 16.6. The zero-order valence-corrected chi connectivity index (χ0v) is 24.5. The van der Waals surface area contributed by atoms with Gasteiger partial charge in [-0.15, -0.1) is 11.3 Å². The van der Waals surface area contributed by atoms with Gasteiger partial charge in [-0.05, 0) is 30.2 Å². The van der Waals surface area contributed by atoms with Gasteiger partial charge in [-0.25, -0.2) is 4.98 Å². The number of carbonyl (C=O) groups is 1. The summed E-state index contributed by atoms with van der Waals surface area (Å²) >= 11 is 1.54. The second-order valence-corrected chi connectivity index (χ2v) is 11.0. The predicted octanol–water partition coefficient (Wildman–Crippen LogP) is 5.86. The first-order chi connectivity index (χ1) is 20.1. The third-order valence-electron chi connectivity index (χ3n) is 7.45. The molecule has 0 N–H and O–H groups in total. The van der Waals surface area contributed by atoms with Gasteiger partial charge < -0.3 is 19.1 Å². The minimum absolute atomic E-state index is 0.0209. The maximum absolute atomic E-state index is 13.0. The molecule has 41 heavy (non-hydrogen) atoms. The Kier molecular flexibility index (Phi) is 10.0. The lowest BCUT2D eigenvalue weighted by Crippen LogP contribution is -2.40. The summed E-state index contributed by atoms with van der Waals surface area (Å²) in [6, 6.07) is 27.3. The second-order valence-electron chi connectivity index (χ2n) is 10.1. The molecule has 1 fully saturated rings. The second kappa shape index (κ2) is 14.3. The van der Waals surface area contributed by atoms with Crippen LogP contribution in [0.4, 0.5) is 0 Å². The number of carbonyl (C=O) groups excluding carboxylic acids is 1. The molecule has 5 rings (SSSR count). The van der Waals surface area contributed by atoms with E-state index in [2.05, 4.69) is 71.6 Å². The summed E-state index contributed by atoms with van der Waals surface area (Å²) in [5, 5.41) is 2.81. The fourth-order valence-corrected chi connectivity index (χ4v) is 6.06. The largest absolute Gasteiger partial charge is 0.497 e. The van der Waals surface area contributed by atoms with Crippen LogP contribution in [-0.4, -0.2) is 67.8 Å². The van der Waals surface area contributed by atoms with Crippen LogP contribution in [-0.2, 0) is 17.8 Å². The Morgan fingerprint density at radius 2 is 1.63 bits per heavy atom. The van der Waals surface area contributed by atoms with E-state index in [4.69, 9.17) is 19.2 Å². The van der Waals surface area contributed by atoms with Crippen LogP contribution < -0.4 is 9.47 Å². The summed E-state index contributed by atoms with van der Waals surface area (Å²) in [6.45, 7) is 4.50. The Morgan fingerprint density at radius 3 is 2.27 bits per heavy atom. The van der Waals surface area contributed by atoms with Gasteiger partial charge in [-0.2, -0.15) is 0 Å². The topological polar surface area (TPSA) is 64.1 Å². The molecular formula is C33H37N3O4S. The van der Waals surface area contributed by atoms with E-state index < -0.39 is 0 Å². The van der Waals surface area contributed by atoms with Gasteiger partial charge in [0.1, 0.15) is 22.2 Å². The molecule has 4 aromatic rings. The zero-order chi connectivity index (χ0) is 28.4. The Labute approximate surface area is 246 Å². The summed E-state index contributed by atoms with van der Waals surface area (Å²) in [5.41, 5.74) is 4.19. The van der Waals surface area contributed by atoms with Crippen LogP contribution in [0.1, 0.15) is 44.5 Å². The number of ether oxygens (including phenoxy) is 3. The van der Waals surface area contributed by atoms with Crippen LogP contribution in [0.3, 0.4) is 0 Å². The Bertz CT molecular complexity index is 1350. The van der Waals surface area contributed by atoms with Crippen molar-refractivity contribution in [2.45, 2.75) is 25.4 Å². The highest BCUT2D eigenvalue weighted by molar-refractivity contribution is 7.09. The summed E-state index contributed by atoms with van der Waals surface area (Å²) in [4.78, 5) is 22.0. The number of methoxy groups -OCH3 is 2. The molecule has 7 nitrogen and oxygen atoms in total. The average molecular weight is 572 g/mol. The van der Waals surface area contributed by atoms with Gasteiger partial charge >= 0.3 is 0 Å². The molecule has 0 bridgehead atoms. The molecule has 2 heterocycles. The average Bonchev–Trinajstić information content (AvgIpc) is 3.50. The maximum Gasteiger partial charge on any atom is 0.273 e. The van der Waals surface area contributed by atoms with Crippen molar-refractivity contribution in [3.05, 3.63) is 112 Å². The van der Waals surface area contributed by atoms with Crippen molar-refractivity contribution in [3.8, 4) is 11.5 Å². The minimum Gasteiger partial charge on any atom is -0.497 e. The van der Waals surface area contributed by atoms with Crippen molar-refractivity contribution in [1.82, 2.24) is 14.8 Å². The van der Waals surface area contributed by atoms with Crippen molar-refractivity contribution in [2.75, 3.05) is 47.1 Å². The molecule has 0 unspecified atom stereocenters. The Morgan fingerprint density at radius 1 is 0.951 bits per heavy atom. The van der Waals surface area contributed by atoms with Gasteiger partial charge in [-0.1, -0.05) is 66.7 Å². The normalized spacial score (nSPS) is 13.5. The molecule has 1 aromatic heterocycles. The molecule has 1 amide bonds. The molecule has 0 radical (unpaired) electrons. The van der Waals surface area contributed by atoms with Crippen molar-refractivity contribution in [1.29, 1.82) is 0 Å². The fourth-order valence-electron chi connectivity index (χ4n) is 5.25. The minimum atomic E-state index is -0.0209. The van der Waals surface area contributed by atoms with Crippen LogP contribution in [0.15, 0.2) is 84.2 Å². The third-order valence-corrected chi connectivity index (χ3v) is 8.29. The number of morpholine rings is 1. The number of thiazole rings is 1. The van der Waals surface area contributed by atoms with Crippen LogP contribution in [0.2, 0.25) is 0 Å². The molecule has 214 valence electrons. The molecule has 0 saturated carbocycles. The summed E-state index contributed by atoms with van der Waals surface area (Å²) in [5.74, 6) is 1.79. The molecule has 1 aliphatic rings. The number of nitrogens with zero attached hydrogens (tertiary/aromatic N) is 3. The highest BCUT2D eigenvalue weighted by Gasteiger charge is 2.23. The summed E-state index contributed by atoms with van der Waals surface area (Å²) in [7, 11) is 3.35. The van der Waals surface area contributed by atoms with Crippen molar-refractivity contribution < 1.29 is 19.0 Å². The molecule has 1 saturated heterocycles. The number of aromatic nitrogens is 1. The molecule has 8 heteroatoms. The fraction of sp³-hybridized carbons (Fsp3) is 0.333. The van der Waals surface area contributed by atoms with Crippen molar-refractivity contribution >= 4 is 17.2 Å². The van der Waals surface area contributed by atoms with E-state index in [1.807, 2.05) is 22.4 Å². The van der Waals surface area contributed by atoms with Gasteiger partial charge in [0.25, 0.3) is 5.91 Å². The van der Waals surface area contributed by atoms with Crippen LogP contribution in [0.5, 0.6) is 11.5 Å². The van der Waals surface area contributed by atoms with Crippen LogP contribution >= 0.6 is 11.3 Å². The monoisotopic (exact) mass is 571 g/mol. The zero-order valence-electron chi connectivity index (χ0n) is 23.7. The lowest BCUT2D eigenvalue weighted by molar-refractivity contribution is 0.0299. The summed E-state index contributed by atoms with van der Waals surface area (Å²) in [6.07, 6.45) is 0.928. The molecule has 0 atom stereocenters. The first-order valence-electron chi connectivity index (χ1n) is 14.0. The Hall–Kier alpha value is -3.72. The number of benzene rings is 3. The van der Waals surface area contributed by atoms with Gasteiger partial charge in [0.05, 0.1) is 34.0 Å². The predicted molar refractivity (Wildman–Crippen MR) is 162 cm³/mol. The van der Waals surface area contributed by atoms with Crippen LogP contribution in [0.25, 0.3) is 0 Å². The molecule has 0 spiro atoms. The molecule has 1 aliphatic heterocycles. The standard InChI is InChI=1S/C33H37N3O4S/c1-38-28-14-13-27(31(21-28)39-2)22-35(23-32-34-30(24-41-32)33(37)36-17-19-40-20-18-36)16-15-29(25-9-5-3-6-10-25)26-11-7-4-8-12-26/h3-14,21,24,29H,15-20,22-23H2,1-2H3. The number of rotatable bonds is 12. The maximum atomic E-state index is 13.0. The van der Waals surface area contributed by atoms with Gasteiger partial charge in [0.15, 0.2) is 0 Å². The molecular weight excluding hydrogens is 534 g/mol. The lowest BCUT2D eigenvalue weighted by Gasteiger charge is -2.26. The third kappa shape index (κ3) is 7.52. The van der Waals surface area contributed by atoms with E-state index in [0.717, 1.165) is 35.0 Å². The van der Waals surface area contributed by atoms with E-state index in [9.17, 15) is 4.79 Å². The van der Waals surface area contributed by atoms with Crippen LogP contribution in [0, 0.1) is 0 Å². The number of hydrogen-bond acceptors (Lipinski definition) is 7. The van der Waals surface area contributed by atoms with Crippen molar-refractivity contribution in [2.24, 2.45) is 0 Å². The highest BCUT2D eigenvalue weighted by Crippen LogP contribution is 2.30. The Balaban J connectivity index is 1.38.